The van der Waals surface area contributed by atoms with Crippen molar-refractivity contribution in [1.82, 2.24) is 4.90 Å². The number of carbonyl (C=O) groups excluding carboxylic acids is 2. The Morgan fingerprint density at radius 3 is 2.58 bits per heavy atom. The number of thioether (sulfide) groups is 1. The molecule has 6 heteroatoms. The second-order valence-electron chi connectivity index (χ2n) is 5.67. The van der Waals surface area contributed by atoms with Crippen LogP contribution in [0.5, 0.6) is 5.75 Å². The van der Waals surface area contributed by atoms with Crippen molar-refractivity contribution in [1.29, 1.82) is 0 Å². The summed E-state index contributed by atoms with van der Waals surface area (Å²) in [6.07, 6.45) is -0.00137. The lowest BCUT2D eigenvalue weighted by Crippen LogP contribution is -2.31. The quantitative estimate of drug-likeness (QED) is 0.869. The number of fused-ring (bicyclic) bond motifs is 1. The molecule has 2 aromatic carbocycles. The normalized spacial score (nSPS) is 15.3. The summed E-state index contributed by atoms with van der Waals surface area (Å²) < 4.78 is 5.71. The van der Waals surface area contributed by atoms with Crippen molar-refractivity contribution in [3.63, 3.8) is 0 Å². The molecule has 0 fully saturated rings. The van der Waals surface area contributed by atoms with Crippen LogP contribution >= 0.6 is 11.8 Å². The molecule has 5 nitrogen and oxygen atoms in total. The van der Waals surface area contributed by atoms with Crippen LogP contribution in [-0.4, -0.2) is 36.2 Å². The second-order valence-corrected chi connectivity index (χ2v) is 6.66. The van der Waals surface area contributed by atoms with E-state index in [1.807, 2.05) is 42.5 Å². The van der Waals surface area contributed by atoms with E-state index in [4.69, 9.17) is 4.74 Å². The van der Waals surface area contributed by atoms with Gasteiger partial charge in [-0.05, 0) is 35.5 Å². The van der Waals surface area contributed by atoms with Crippen molar-refractivity contribution < 1.29 is 14.3 Å². The van der Waals surface area contributed by atoms with Gasteiger partial charge in [-0.15, -0.1) is 0 Å². The number of amides is 2. The number of hydrogen-bond donors (Lipinski definition) is 1. The lowest BCUT2D eigenvalue weighted by molar-refractivity contribution is -0.122. The van der Waals surface area contributed by atoms with Crippen LogP contribution in [0.4, 0.5) is 10.5 Å². The van der Waals surface area contributed by atoms with E-state index in [0.29, 0.717) is 17.0 Å². The second kappa shape index (κ2) is 6.97. The molecule has 3 rings (SSSR count). The van der Waals surface area contributed by atoms with E-state index in [2.05, 4.69) is 5.32 Å². The summed E-state index contributed by atoms with van der Waals surface area (Å²) in [5, 5.41) is 2.78. The third-order valence-electron chi connectivity index (χ3n) is 3.65. The van der Waals surface area contributed by atoms with Crippen molar-refractivity contribution in [2.24, 2.45) is 0 Å². The molecule has 24 heavy (non-hydrogen) atoms. The largest absolute Gasteiger partial charge is 0.480 e. The van der Waals surface area contributed by atoms with Gasteiger partial charge in [-0.1, -0.05) is 30.3 Å². The number of hydrogen-bond acceptors (Lipinski definition) is 4. The smallest absolute Gasteiger partial charge is 0.286 e. The van der Waals surface area contributed by atoms with Gasteiger partial charge in [0.05, 0.1) is 5.69 Å². The van der Waals surface area contributed by atoms with Gasteiger partial charge >= 0.3 is 0 Å². The fourth-order valence-electron chi connectivity index (χ4n) is 2.39. The maximum Gasteiger partial charge on any atom is 0.286 e. The van der Waals surface area contributed by atoms with Crippen LogP contribution in [0, 0.1) is 0 Å². The third kappa shape index (κ3) is 3.54. The van der Waals surface area contributed by atoms with Gasteiger partial charge in [-0.3, -0.25) is 9.59 Å². The fourth-order valence-corrected chi connectivity index (χ4v) is 3.13. The number of ether oxygens (including phenoxy) is 1. The molecule has 2 amide bonds. The molecule has 0 bridgehead atoms. The molecule has 124 valence electrons. The van der Waals surface area contributed by atoms with Crippen LogP contribution in [0.1, 0.15) is 5.56 Å². The molecular weight excluding hydrogens is 324 g/mol. The average molecular weight is 342 g/mol. The molecule has 0 spiro atoms. The molecule has 0 aromatic heterocycles. The lowest BCUT2D eigenvalue weighted by atomic mass is 10.1. The monoisotopic (exact) mass is 342 g/mol. The number of benzene rings is 2. The van der Waals surface area contributed by atoms with Gasteiger partial charge in [0.1, 0.15) is 5.75 Å². The number of rotatable bonds is 3. The minimum absolute atomic E-state index is 0.0961. The highest BCUT2D eigenvalue weighted by atomic mass is 32.2. The van der Waals surface area contributed by atoms with Crippen molar-refractivity contribution in [2.75, 3.05) is 19.4 Å². The predicted molar refractivity (Wildman–Crippen MR) is 94.6 cm³/mol. The van der Waals surface area contributed by atoms with Crippen LogP contribution in [0.2, 0.25) is 0 Å². The Labute approximate surface area is 145 Å². The maximum atomic E-state index is 12.5. The summed E-state index contributed by atoms with van der Waals surface area (Å²) in [5.41, 5.74) is 1.64. The van der Waals surface area contributed by atoms with Crippen molar-refractivity contribution in [3.05, 3.63) is 54.1 Å². The van der Waals surface area contributed by atoms with Crippen molar-refractivity contribution in [2.45, 2.75) is 17.4 Å². The summed E-state index contributed by atoms with van der Waals surface area (Å²) >= 11 is 1.08. The number of carbonyl (C=O) groups is 2. The standard InChI is InChI=1S/C18H18N2O3S/c1-20(2)18(22)24-16-10-6-4-8-13(16)19-17(21)15-11-12-7-3-5-9-14(12)23-15/h3-10,15H,11H2,1-2H3,(H,19,21). The van der Waals surface area contributed by atoms with E-state index in [0.717, 1.165) is 23.1 Å². The number of nitrogens with one attached hydrogen (secondary N) is 1. The first-order chi connectivity index (χ1) is 11.5. The zero-order chi connectivity index (χ0) is 17.1. The SMILES string of the molecule is CN(C)C(=O)Sc1ccccc1NC(=O)C1Cc2ccccc2O1. The van der Waals surface area contributed by atoms with Gasteiger partial charge in [0, 0.05) is 25.4 Å². The molecule has 2 aromatic rings. The van der Waals surface area contributed by atoms with Gasteiger partial charge in [-0.25, -0.2) is 0 Å². The van der Waals surface area contributed by atoms with Crippen LogP contribution in [0.15, 0.2) is 53.4 Å². The zero-order valence-electron chi connectivity index (χ0n) is 13.5. The van der Waals surface area contributed by atoms with E-state index in [1.165, 1.54) is 4.90 Å². The Morgan fingerprint density at radius 2 is 1.83 bits per heavy atom. The first-order valence-electron chi connectivity index (χ1n) is 7.58. The Bertz CT molecular complexity index is 751. The molecule has 1 aliphatic rings. The Morgan fingerprint density at radius 1 is 1.12 bits per heavy atom. The van der Waals surface area contributed by atoms with Crippen LogP contribution in [0.25, 0.3) is 0 Å². The predicted octanol–water partition coefficient (Wildman–Crippen LogP) is 3.40. The number of anilines is 1. The Hall–Kier alpha value is -2.47. The Kier molecular flexibility index (Phi) is 4.76. The number of para-hydroxylation sites is 2. The Balaban J connectivity index is 1.71. The van der Waals surface area contributed by atoms with Crippen molar-refractivity contribution in [3.8, 4) is 5.75 Å². The summed E-state index contributed by atoms with van der Waals surface area (Å²) in [7, 11) is 3.39. The van der Waals surface area contributed by atoms with Gasteiger partial charge in [0.2, 0.25) is 0 Å². The summed E-state index contributed by atoms with van der Waals surface area (Å²) in [5.74, 6) is 0.541. The molecule has 0 aliphatic carbocycles. The summed E-state index contributed by atoms with van der Waals surface area (Å²) in [6, 6.07) is 14.9. The minimum Gasteiger partial charge on any atom is -0.480 e. The summed E-state index contributed by atoms with van der Waals surface area (Å²) in [6.45, 7) is 0. The third-order valence-corrected chi connectivity index (χ3v) is 4.76. The van der Waals surface area contributed by atoms with Crippen LogP contribution in [-0.2, 0) is 11.2 Å². The van der Waals surface area contributed by atoms with Crippen molar-refractivity contribution >= 4 is 28.6 Å². The minimum atomic E-state index is -0.551. The van der Waals surface area contributed by atoms with Gasteiger partial charge < -0.3 is 15.0 Å². The van der Waals surface area contributed by atoms with Gasteiger partial charge in [0.15, 0.2) is 6.10 Å². The highest BCUT2D eigenvalue weighted by Crippen LogP contribution is 2.31. The zero-order valence-corrected chi connectivity index (χ0v) is 14.3. The highest BCUT2D eigenvalue weighted by molar-refractivity contribution is 8.13. The molecule has 1 unspecified atom stereocenters. The topological polar surface area (TPSA) is 58.6 Å². The maximum absolute atomic E-state index is 12.5. The van der Waals surface area contributed by atoms with E-state index in [-0.39, 0.29) is 11.1 Å². The number of nitrogens with zero attached hydrogens (tertiary/aromatic N) is 1. The molecule has 0 radical (unpaired) electrons. The van der Waals surface area contributed by atoms with E-state index in [1.54, 1.807) is 20.2 Å². The van der Waals surface area contributed by atoms with E-state index >= 15 is 0 Å². The summed E-state index contributed by atoms with van der Waals surface area (Å²) in [4.78, 5) is 26.6. The van der Waals surface area contributed by atoms with Crippen LogP contribution < -0.4 is 10.1 Å². The molecule has 0 saturated carbocycles. The van der Waals surface area contributed by atoms with Gasteiger partial charge in [-0.2, -0.15) is 0 Å². The van der Waals surface area contributed by atoms with Gasteiger partial charge in [0.25, 0.3) is 11.1 Å². The lowest BCUT2D eigenvalue weighted by Gasteiger charge is -2.15. The fraction of sp³-hybridized carbons (Fsp3) is 0.222. The highest BCUT2D eigenvalue weighted by Gasteiger charge is 2.29. The molecule has 1 N–H and O–H groups in total. The first kappa shape index (κ1) is 16.4. The van der Waals surface area contributed by atoms with E-state index < -0.39 is 6.10 Å². The molecule has 1 heterocycles. The molecular formula is C18H18N2O3S. The average Bonchev–Trinajstić information content (AvgIpc) is 3.00. The molecule has 1 atom stereocenters. The molecule has 1 aliphatic heterocycles. The molecule has 0 saturated heterocycles. The van der Waals surface area contributed by atoms with E-state index in [9.17, 15) is 9.59 Å². The first-order valence-corrected chi connectivity index (χ1v) is 8.40. The van der Waals surface area contributed by atoms with Crippen LogP contribution in [0.3, 0.4) is 0 Å².